The Morgan fingerprint density at radius 2 is 1.76 bits per heavy atom. The van der Waals surface area contributed by atoms with Crippen molar-refractivity contribution >= 4 is 17.5 Å². The van der Waals surface area contributed by atoms with Crippen LogP contribution in [0.15, 0.2) is 48.5 Å². The molecule has 130 valence electrons. The lowest BCUT2D eigenvalue weighted by Crippen LogP contribution is -2.14. The van der Waals surface area contributed by atoms with Crippen LogP contribution in [-0.2, 0) is 11.0 Å². The molecular weight excluding hydrogens is 333 g/mol. The van der Waals surface area contributed by atoms with Crippen molar-refractivity contribution in [3.63, 3.8) is 0 Å². The van der Waals surface area contributed by atoms with Crippen LogP contribution in [0, 0.1) is 5.92 Å². The molecule has 2 aromatic carbocycles. The van der Waals surface area contributed by atoms with Gasteiger partial charge in [0.05, 0.1) is 5.56 Å². The molecule has 0 aromatic heterocycles. The highest BCUT2D eigenvalue weighted by Gasteiger charge is 2.42. The van der Waals surface area contributed by atoms with Crippen LogP contribution in [0.2, 0.25) is 0 Å². The molecule has 2 amide bonds. The third kappa shape index (κ3) is 3.81. The van der Waals surface area contributed by atoms with Gasteiger partial charge in [0.15, 0.2) is 0 Å². The average Bonchev–Trinajstić information content (AvgIpc) is 3.36. The molecule has 0 spiro atoms. The molecule has 2 aromatic rings. The number of nitrogens with two attached hydrogens (primary N) is 1. The normalized spacial score (nSPS) is 19.3. The topological polar surface area (TPSA) is 72.2 Å². The van der Waals surface area contributed by atoms with Crippen LogP contribution in [0.3, 0.4) is 0 Å². The Morgan fingerprint density at radius 3 is 2.32 bits per heavy atom. The number of anilines is 1. The van der Waals surface area contributed by atoms with Gasteiger partial charge < -0.3 is 11.1 Å². The number of alkyl halides is 3. The Balaban J connectivity index is 1.68. The van der Waals surface area contributed by atoms with Crippen LogP contribution in [0.25, 0.3) is 0 Å². The van der Waals surface area contributed by atoms with Gasteiger partial charge in [0.25, 0.3) is 5.91 Å². The molecule has 2 atom stereocenters. The molecule has 1 aliphatic carbocycles. The summed E-state index contributed by atoms with van der Waals surface area (Å²) in [5.74, 6) is -0.997. The molecule has 3 rings (SSSR count). The van der Waals surface area contributed by atoms with Gasteiger partial charge in [0.1, 0.15) is 0 Å². The van der Waals surface area contributed by atoms with Gasteiger partial charge in [-0.05, 0) is 48.2 Å². The molecule has 1 aliphatic rings. The van der Waals surface area contributed by atoms with Crippen molar-refractivity contribution in [2.75, 3.05) is 5.32 Å². The third-order valence-corrected chi connectivity index (χ3v) is 4.20. The summed E-state index contributed by atoms with van der Waals surface area (Å²) in [4.78, 5) is 23.2. The third-order valence-electron chi connectivity index (χ3n) is 4.20. The standard InChI is InChI=1S/C18H15F3N2O2/c19-18(20,21)12-3-1-2-11(8-12)17(25)23-13-6-4-10(5-7-13)14-9-15(14)16(22)24/h1-8,14-15H,9H2,(H2,22,24)(H,23,25)/t14-,15+/m0/s1. The van der Waals surface area contributed by atoms with Gasteiger partial charge in [-0.2, -0.15) is 13.2 Å². The lowest BCUT2D eigenvalue weighted by atomic mass is 10.1. The Kier molecular flexibility index (Phi) is 4.24. The number of hydrogen-bond donors (Lipinski definition) is 2. The van der Waals surface area contributed by atoms with Crippen LogP contribution >= 0.6 is 0 Å². The van der Waals surface area contributed by atoms with E-state index in [0.717, 1.165) is 17.7 Å². The van der Waals surface area contributed by atoms with Gasteiger partial charge in [-0.1, -0.05) is 18.2 Å². The van der Waals surface area contributed by atoms with E-state index in [0.29, 0.717) is 12.1 Å². The summed E-state index contributed by atoms with van der Waals surface area (Å²) in [6.07, 6.45) is -3.79. The molecule has 1 fully saturated rings. The zero-order valence-electron chi connectivity index (χ0n) is 13.0. The van der Waals surface area contributed by atoms with Gasteiger partial charge in [0, 0.05) is 17.2 Å². The number of carbonyl (C=O) groups is 2. The fraction of sp³-hybridized carbons (Fsp3) is 0.222. The molecule has 3 N–H and O–H groups in total. The number of amides is 2. The lowest BCUT2D eigenvalue weighted by molar-refractivity contribution is -0.137. The van der Waals surface area contributed by atoms with Crippen molar-refractivity contribution in [2.45, 2.75) is 18.5 Å². The second kappa shape index (κ2) is 6.23. The SMILES string of the molecule is NC(=O)[C@@H]1C[C@H]1c1ccc(NC(=O)c2cccc(C(F)(F)F)c2)cc1. The zero-order valence-corrected chi connectivity index (χ0v) is 13.0. The monoisotopic (exact) mass is 348 g/mol. The fourth-order valence-corrected chi connectivity index (χ4v) is 2.73. The van der Waals surface area contributed by atoms with Gasteiger partial charge in [-0.15, -0.1) is 0 Å². The maximum absolute atomic E-state index is 12.7. The molecule has 25 heavy (non-hydrogen) atoms. The number of hydrogen-bond acceptors (Lipinski definition) is 2. The molecule has 0 unspecified atom stereocenters. The summed E-state index contributed by atoms with van der Waals surface area (Å²) in [6.45, 7) is 0. The molecule has 0 bridgehead atoms. The van der Waals surface area contributed by atoms with Crippen LogP contribution in [-0.4, -0.2) is 11.8 Å². The molecule has 0 aliphatic heterocycles. The highest BCUT2D eigenvalue weighted by atomic mass is 19.4. The van der Waals surface area contributed by atoms with Gasteiger partial charge in [-0.25, -0.2) is 0 Å². The van der Waals surface area contributed by atoms with Gasteiger partial charge in [0.2, 0.25) is 5.91 Å². The lowest BCUT2D eigenvalue weighted by Gasteiger charge is -2.10. The van der Waals surface area contributed by atoms with Crippen molar-refractivity contribution in [1.82, 2.24) is 0 Å². The minimum absolute atomic E-state index is 0.0742. The predicted octanol–water partition coefficient (Wildman–Crippen LogP) is 3.55. The first kappa shape index (κ1) is 17.0. The summed E-state index contributed by atoms with van der Waals surface area (Å²) in [6, 6.07) is 11.1. The number of carbonyl (C=O) groups excluding carboxylic acids is 2. The van der Waals surface area contributed by atoms with E-state index in [1.165, 1.54) is 12.1 Å². The summed E-state index contributed by atoms with van der Waals surface area (Å²) in [7, 11) is 0. The molecule has 7 heteroatoms. The molecular formula is C18H15F3N2O2. The van der Waals surface area contributed by atoms with E-state index in [9.17, 15) is 22.8 Å². The molecule has 0 heterocycles. The molecule has 4 nitrogen and oxygen atoms in total. The van der Waals surface area contributed by atoms with E-state index in [2.05, 4.69) is 5.32 Å². The Bertz CT molecular complexity index is 816. The molecule has 1 saturated carbocycles. The largest absolute Gasteiger partial charge is 0.416 e. The number of halogens is 3. The summed E-state index contributed by atoms with van der Waals surface area (Å²) in [5.41, 5.74) is 5.71. The first-order valence-electron chi connectivity index (χ1n) is 7.63. The van der Waals surface area contributed by atoms with E-state index in [1.807, 2.05) is 0 Å². The van der Waals surface area contributed by atoms with Crippen LogP contribution in [0.4, 0.5) is 18.9 Å². The second-order valence-electron chi connectivity index (χ2n) is 6.01. The summed E-state index contributed by atoms with van der Waals surface area (Å²) < 4.78 is 38.1. The second-order valence-corrected chi connectivity index (χ2v) is 6.01. The number of rotatable bonds is 4. The zero-order chi connectivity index (χ0) is 18.2. The van der Waals surface area contributed by atoms with Crippen molar-refractivity contribution in [3.05, 3.63) is 65.2 Å². The van der Waals surface area contributed by atoms with Crippen molar-refractivity contribution < 1.29 is 22.8 Å². The predicted molar refractivity (Wildman–Crippen MR) is 85.9 cm³/mol. The van der Waals surface area contributed by atoms with Gasteiger partial charge >= 0.3 is 6.18 Å². The van der Waals surface area contributed by atoms with E-state index in [4.69, 9.17) is 5.73 Å². The first-order valence-corrected chi connectivity index (χ1v) is 7.63. The van der Waals surface area contributed by atoms with E-state index in [-0.39, 0.29) is 23.3 Å². The van der Waals surface area contributed by atoms with Crippen LogP contribution in [0.5, 0.6) is 0 Å². The Labute approximate surface area is 141 Å². The fourth-order valence-electron chi connectivity index (χ4n) is 2.73. The van der Waals surface area contributed by atoms with Crippen molar-refractivity contribution in [2.24, 2.45) is 11.7 Å². The highest BCUT2D eigenvalue weighted by molar-refractivity contribution is 6.04. The number of benzene rings is 2. The minimum Gasteiger partial charge on any atom is -0.369 e. The summed E-state index contributed by atoms with van der Waals surface area (Å²) >= 11 is 0. The maximum atomic E-state index is 12.7. The summed E-state index contributed by atoms with van der Waals surface area (Å²) in [5, 5.41) is 2.56. The minimum atomic E-state index is -4.50. The van der Waals surface area contributed by atoms with Gasteiger partial charge in [-0.3, -0.25) is 9.59 Å². The van der Waals surface area contributed by atoms with Crippen LogP contribution < -0.4 is 11.1 Å². The number of nitrogens with one attached hydrogen (secondary N) is 1. The Morgan fingerprint density at radius 1 is 1.08 bits per heavy atom. The highest BCUT2D eigenvalue weighted by Crippen LogP contribution is 2.47. The van der Waals surface area contributed by atoms with E-state index in [1.54, 1.807) is 24.3 Å². The quantitative estimate of drug-likeness (QED) is 0.887. The Hall–Kier alpha value is -2.83. The maximum Gasteiger partial charge on any atom is 0.416 e. The number of primary amides is 1. The molecule has 0 radical (unpaired) electrons. The molecule has 0 saturated heterocycles. The first-order chi connectivity index (χ1) is 11.8. The van der Waals surface area contributed by atoms with Crippen molar-refractivity contribution in [1.29, 1.82) is 0 Å². The van der Waals surface area contributed by atoms with Crippen molar-refractivity contribution in [3.8, 4) is 0 Å². The van der Waals surface area contributed by atoms with Crippen LogP contribution in [0.1, 0.15) is 33.8 Å². The van der Waals surface area contributed by atoms with E-state index < -0.39 is 17.6 Å². The van der Waals surface area contributed by atoms with E-state index >= 15 is 0 Å². The smallest absolute Gasteiger partial charge is 0.369 e. The average molecular weight is 348 g/mol.